The van der Waals surface area contributed by atoms with Crippen LogP contribution in [0.5, 0.6) is 0 Å². The van der Waals surface area contributed by atoms with Crippen LogP contribution in [0.3, 0.4) is 0 Å². The van der Waals surface area contributed by atoms with Gasteiger partial charge < -0.3 is 0 Å². The molecule has 0 saturated carbocycles. The second-order valence-electron chi connectivity index (χ2n) is 4.34. The summed E-state index contributed by atoms with van der Waals surface area (Å²) in [6, 6.07) is 5.26. The van der Waals surface area contributed by atoms with Crippen LogP contribution in [0.25, 0.3) is 0 Å². The van der Waals surface area contributed by atoms with Crippen molar-refractivity contribution in [3.05, 3.63) is 59.3 Å². The fraction of sp³-hybridized carbons (Fsp3) is 0.143. The Hall–Kier alpha value is -2.51. The number of pyridine rings is 1. The summed E-state index contributed by atoms with van der Waals surface area (Å²) in [6.07, 6.45) is -3.85. The van der Waals surface area contributed by atoms with Crippen LogP contribution in [0.4, 0.5) is 27.8 Å². The molecule has 1 N–H and O–H groups in total. The Morgan fingerprint density at radius 1 is 1.09 bits per heavy atom. The Balaban J connectivity index is 2.18. The molecule has 0 saturated heterocycles. The lowest BCUT2D eigenvalue weighted by molar-refractivity contribution is -0.137. The minimum atomic E-state index is -4.49. The molecule has 0 fully saturated rings. The smallest absolute Gasteiger partial charge is 0.261 e. The average Bonchev–Trinajstić information content (AvgIpc) is 2.44. The van der Waals surface area contributed by atoms with Crippen molar-refractivity contribution in [2.45, 2.75) is 13.1 Å². The first-order chi connectivity index (χ1) is 10.3. The normalized spacial score (nSPS) is 12.4. The highest BCUT2D eigenvalue weighted by molar-refractivity contribution is 5.99. The van der Waals surface area contributed by atoms with E-state index in [0.717, 1.165) is 24.3 Å². The number of halogens is 5. The molecule has 0 amide bonds. The third-order valence-electron chi connectivity index (χ3n) is 2.75. The minimum absolute atomic E-state index is 0.00250. The van der Waals surface area contributed by atoms with Crippen LogP contribution in [0.15, 0.2) is 41.6 Å². The Bertz CT molecular complexity index is 672. The molecule has 1 heterocycles. The summed E-state index contributed by atoms with van der Waals surface area (Å²) in [6.45, 7) is 1.36. The average molecular weight is 315 g/mol. The first-order valence-corrected chi connectivity index (χ1v) is 6.07. The van der Waals surface area contributed by atoms with Crippen molar-refractivity contribution in [2.24, 2.45) is 5.10 Å². The number of benzene rings is 1. The molecule has 22 heavy (non-hydrogen) atoms. The van der Waals surface area contributed by atoms with E-state index in [4.69, 9.17) is 0 Å². The van der Waals surface area contributed by atoms with Crippen LogP contribution in [-0.4, -0.2) is 10.7 Å². The SMILES string of the molecule is C/C(=N/Nc1ccc(C(F)(F)F)cn1)c1c(F)cccc1F. The molecule has 0 aliphatic heterocycles. The molecule has 0 bridgehead atoms. The number of hydrazone groups is 1. The summed E-state index contributed by atoms with van der Waals surface area (Å²) in [5.41, 5.74) is 1.13. The van der Waals surface area contributed by atoms with Crippen LogP contribution in [0.2, 0.25) is 0 Å². The van der Waals surface area contributed by atoms with E-state index in [0.29, 0.717) is 6.20 Å². The fourth-order valence-electron chi connectivity index (χ4n) is 1.67. The lowest BCUT2D eigenvalue weighted by atomic mass is 10.1. The number of nitrogens with one attached hydrogen (secondary N) is 1. The predicted molar refractivity (Wildman–Crippen MR) is 71.4 cm³/mol. The van der Waals surface area contributed by atoms with E-state index in [1.165, 1.54) is 13.0 Å². The zero-order chi connectivity index (χ0) is 16.3. The van der Waals surface area contributed by atoms with E-state index in [2.05, 4.69) is 15.5 Å². The highest BCUT2D eigenvalue weighted by Crippen LogP contribution is 2.28. The van der Waals surface area contributed by atoms with Gasteiger partial charge in [0.25, 0.3) is 0 Å². The van der Waals surface area contributed by atoms with Crippen molar-refractivity contribution in [3.8, 4) is 0 Å². The summed E-state index contributed by atoms with van der Waals surface area (Å²) in [5.74, 6) is -1.56. The van der Waals surface area contributed by atoms with Gasteiger partial charge >= 0.3 is 6.18 Å². The third-order valence-corrected chi connectivity index (χ3v) is 2.75. The van der Waals surface area contributed by atoms with Crippen LogP contribution >= 0.6 is 0 Å². The number of aromatic nitrogens is 1. The maximum Gasteiger partial charge on any atom is 0.417 e. The predicted octanol–water partition coefficient (Wildman–Crippen LogP) is 4.21. The number of anilines is 1. The van der Waals surface area contributed by atoms with Crippen molar-refractivity contribution in [1.29, 1.82) is 0 Å². The molecule has 0 aliphatic carbocycles. The van der Waals surface area contributed by atoms with Gasteiger partial charge in [0, 0.05) is 6.20 Å². The highest BCUT2D eigenvalue weighted by atomic mass is 19.4. The van der Waals surface area contributed by atoms with E-state index in [9.17, 15) is 22.0 Å². The number of hydrogen-bond donors (Lipinski definition) is 1. The summed E-state index contributed by atoms with van der Waals surface area (Å²) in [5, 5.41) is 3.72. The van der Waals surface area contributed by atoms with Crippen molar-refractivity contribution >= 4 is 11.5 Å². The van der Waals surface area contributed by atoms with Gasteiger partial charge in [-0.2, -0.15) is 18.3 Å². The molecule has 0 atom stereocenters. The number of hydrogen-bond acceptors (Lipinski definition) is 3. The largest absolute Gasteiger partial charge is 0.417 e. The standard InChI is InChI=1S/C14H10F5N3/c1-8(13-10(15)3-2-4-11(13)16)21-22-12-6-5-9(7-20-12)14(17,18)19/h2-7H,1H3,(H,20,22)/b21-8-. The minimum Gasteiger partial charge on any atom is -0.261 e. The number of alkyl halides is 3. The quantitative estimate of drug-likeness (QED) is 0.523. The van der Waals surface area contributed by atoms with Crippen molar-refractivity contribution in [1.82, 2.24) is 4.98 Å². The summed E-state index contributed by atoms with van der Waals surface area (Å²) in [7, 11) is 0. The van der Waals surface area contributed by atoms with Gasteiger partial charge in [-0.3, -0.25) is 5.43 Å². The lowest BCUT2D eigenvalue weighted by Crippen LogP contribution is -2.07. The van der Waals surface area contributed by atoms with Crippen molar-refractivity contribution in [3.63, 3.8) is 0 Å². The molecule has 0 aliphatic rings. The fourth-order valence-corrected chi connectivity index (χ4v) is 1.67. The monoisotopic (exact) mass is 315 g/mol. The Morgan fingerprint density at radius 3 is 2.23 bits per heavy atom. The van der Waals surface area contributed by atoms with Gasteiger partial charge in [-0.1, -0.05) is 6.07 Å². The zero-order valence-electron chi connectivity index (χ0n) is 11.2. The lowest BCUT2D eigenvalue weighted by Gasteiger charge is -2.07. The number of rotatable bonds is 3. The van der Waals surface area contributed by atoms with Crippen LogP contribution in [0.1, 0.15) is 18.1 Å². The molecule has 2 rings (SSSR count). The summed E-state index contributed by atoms with van der Waals surface area (Å²) < 4.78 is 64.2. The molecule has 116 valence electrons. The summed E-state index contributed by atoms with van der Waals surface area (Å²) >= 11 is 0. The van der Waals surface area contributed by atoms with Gasteiger partial charge in [-0.05, 0) is 31.2 Å². The summed E-state index contributed by atoms with van der Waals surface area (Å²) in [4.78, 5) is 3.53. The molecular weight excluding hydrogens is 305 g/mol. The Morgan fingerprint density at radius 2 is 1.73 bits per heavy atom. The van der Waals surface area contributed by atoms with Gasteiger partial charge in [0.15, 0.2) is 0 Å². The molecule has 0 radical (unpaired) electrons. The van der Waals surface area contributed by atoms with Gasteiger partial charge in [0.05, 0.1) is 16.8 Å². The molecule has 8 heteroatoms. The van der Waals surface area contributed by atoms with Crippen molar-refractivity contribution < 1.29 is 22.0 Å². The molecular formula is C14H10F5N3. The molecule has 2 aromatic rings. The first-order valence-electron chi connectivity index (χ1n) is 6.07. The van der Waals surface area contributed by atoms with Crippen LogP contribution in [0, 0.1) is 11.6 Å². The van der Waals surface area contributed by atoms with Crippen LogP contribution in [-0.2, 0) is 6.18 Å². The van der Waals surface area contributed by atoms with Crippen molar-refractivity contribution in [2.75, 3.05) is 5.43 Å². The highest BCUT2D eigenvalue weighted by Gasteiger charge is 2.30. The molecule has 1 aromatic heterocycles. The Labute approximate surface area is 122 Å². The Kier molecular flexibility index (Phi) is 4.39. The van der Waals surface area contributed by atoms with E-state index in [-0.39, 0.29) is 17.1 Å². The molecule has 3 nitrogen and oxygen atoms in total. The van der Waals surface area contributed by atoms with E-state index in [1.54, 1.807) is 0 Å². The first kappa shape index (κ1) is 15.9. The van der Waals surface area contributed by atoms with E-state index in [1.807, 2.05) is 0 Å². The second kappa shape index (κ2) is 6.08. The van der Waals surface area contributed by atoms with Gasteiger partial charge in [0.2, 0.25) is 0 Å². The second-order valence-corrected chi connectivity index (χ2v) is 4.34. The molecule has 1 aromatic carbocycles. The van der Waals surface area contributed by atoms with E-state index < -0.39 is 23.4 Å². The van der Waals surface area contributed by atoms with E-state index >= 15 is 0 Å². The zero-order valence-corrected chi connectivity index (χ0v) is 11.2. The van der Waals surface area contributed by atoms with Gasteiger partial charge in [-0.15, -0.1) is 0 Å². The maximum atomic E-state index is 13.5. The van der Waals surface area contributed by atoms with Gasteiger partial charge in [-0.25, -0.2) is 13.8 Å². The van der Waals surface area contributed by atoms with Crippen LogP contribution < -0.4 is 5.43 Å². The topological polar surface area (TPSA) is 37.3 Å². The molecule has 0 spiro atoms. The number of nitrogens with zero attached hydrogens (tertiary/aromatic N) is 2. The maximum absolute atomic E-state index is 13.5. The third kappa shape index (κ3) is 3.57. The molecule has 0 unspecified atom stereocenters. The van der Waals surface area contributed by atoms with Gasteiger partial charge in [0.1, 0.15) is 17.5 Å².